The fourth-order valence-electron chi connectivity index (χ4n) is 3.67. The molecule has 1 N–H and O–H groups in total. The number of hydrogen-bond acceptors (Lipinski definition) is 6. The minimum absolute atomic E-state index is 0.0121. The Morgan fingerprint density at radius 3 is 2.57 bits per heavy atom. The molecule has 158 valence electrons. The summed E-state index contributed by atoms with van der Waals surface area (Å²) < 4.78 is 35.5. The second kappa shape index (κ2) is 8.22. The average molecular weight is 415 g/mol. The van der Waals surface area contributed by atoms with E-state index in [1.807, 2.05) is 0 Å². The molecule has 1 aliphatic heterocycles. The predicted molar refractivity (Wildman–Crippen MR) is 105 cm³/mol. The summed E-state index contributed by atoms with van der Waals surface area (Å²) in [5.41, 5.74) is 0.490. The van der Waals surface area contributed by atoms with Crippen molar-refractivity contribution in [3.63, 3.8) is 0 Å². The molecule has 30 heavy (non-hydrogen) atoms. The summed E-state index contributed by atoms with van der Waals surface area (Å²) in [5.74, 6) is -1.36. The van der Waals surface area contributed by atoms with E-state index in [-0.39, 0.29) is 11.3 Å². The SMILES string of the molecule is COc1ccc(C(=O)OCC(=O)Nc2ccc3c(c2)OC2(CCCCC2)O3)cc1F. The van der Waals surface area contributed by atoms with E-state index >= 15 is 0 Å². The van der Waals surface area contributed by atoms with Gasteiger partial charge in [-0.1, -0.05) is 6.42 Å². The Bertz CT molecular complexity index is 970. The van der Waals surface area contributed by atoms with Crippen molar-refractivity contribution in [3.05, 3.63) is 47.8 Å². The molecule has 1 fully saturated rings. The van der Waals surface area contributed by atoms with Crippen molar-refractivity contribution in [1.29, 1.82) is 0 Å². The van der Waals surface area contributed by atoms with E-state index < -0.39 is 30.1 Å². The molecule has 2 aromatic rings. The first kappa shape index (κ1) is 20.0. The summed E-state index contributed by atoms with van der Waals surface area (Å²) in [6, 6.07) is 8.82. The molecule has 1 heterocycles. The van der Waals surface area contributed by atoms with E-state index in [2.05, 4.69) is 5.32 Å². The van der Waals surface area contributed by atoms with Gasteiger partial charge in [0.25, 0.3) is 11.7 Å². The molecule has 1 aliphatic carbocycles. The first-order valence-electron chi connectivity index (χ1n) is 9.81. The van der Waals surface area contributed by atoms with Gasteiger partial charge in [0.05, 0.1) is 12.7 Å². The van der Waals surface area contributed by atoms with Gasteiger partial charge in [0, 0.05) is 24.6 Å². The van der Waals surface area contributed by atoms with Crippen LogP contribution in [0.15, 0.2) is 36.4 Å². The molecular weight excluding hydrogens is 393 g/mol. The topological polar surface area (TPSA) is 83.1 Å². The largest absolute Gasteiger partial charge is 0.494 e. The number of nitrogens with one attached hydrogen (secondary N) is 1. The number of hydrogen-bond donors (Lipinski definition) is 1. The number of amides is 1. The summed E-state index contributed by atoms with van der Waals surface area (Å²) in [6.45, 7) is -0.509. The van der Waals surface area contributed by atoms with Crippen molar-refractivity contribution in [2.45, 2.75) is 37.9 Å². The number of methoxy groups -OCH3 is 1. The van der Waals surface area contributed by atoms with Gasteiger partial charge in [0.2, 0.25) is 0 Å². The highest BCUT2D eigenvalue weighted by atomic mass is 19.1. The first-order chi connectivity index (χ1) is 14.5. The monoisotopic (exact) mass is 415 g/mol. The molecule has 0 saturated heterocycles. The number of anilines is 1. The summed E-state index contributed by atoms with van der Waals surface area (Å²) in [5, 5.41) is 2.65. The molecule has 1 spiro atoms. The molecule has 0 atom stereocenters. The molecular formula is C22H22FNO6. The number of fused-ring (bicyclic) bond motifs is 1. The number of carbonyl (C=O) groups is 2. The summed E-state index contributed by atoms with van der Waals surface area (Å²) in [4.78, 5) is 24.2. The van der Waals surface area contributed by atoms with Gasteiger partial charge >= 0.3 is 5.97 Å². The van der Waals surface area contributed by atoms with Crippen molar-refractivity contribution in [1.82, 2.24) is 0 Å². The van der Waals surface area contributed by atoms with Gasteiger partial charge in [0.1, 0.15) is 0 Å². The lowest BCUT2D eigenvalue weighted by Crippen LogP contribution is -2.40. The van der Waals surface area contributed by atoms with Crippen LogP contribution in [0.2, 0.25) is 0 Å². The van der Waals surface area contributed by atoms with Crippen LogP contribution in [0.3, 0.4) is 0 Å². The second-order valence-corrected chi connectivity index (χ2v) is 7.31. The third kappa shape index (κ3) is 4.17. The van der Waals surface area contributed by atoms with Gasteiger partial charge in [-0.25, -0.2) is 9.18 Å². The second-order valence-electron chi connectivity index (χ2n) is 7.31. The lowest BCUT2D eigenvalue weighted by Gasteiger charge is -2.31. The van der Waals surface area contributed by atoms with Crippen LogP contribution in [-0.4, -0.2) is 31.4 Å². The third-order valence-electron chi connectivity index (χ3n) is 5.16. The number of ether oxygens (including phenoxy) is 4. The van der Waals surface area contributed by atoms with Gasteiger partial charge in [-0.15, -0.1) is 0 Å². The van der Waals surface area contributed by atoms with Gasteiger partial charge in [-0.3, -0.25) is 4.79 Å². The highest BCUT2D eigenvalue weighted by Crippen LogP contribution is 2.46. The highest BCUT2D eigenvalue weighted by Gasteiger charge is 2.42. The molecule has 1 saturated carbocycles. The Morgan fingerprint density at radius 1 is 1.07 bits per heavy atom. The lowest BCUT2D eigenvalue weighted by atomic mass is 9.94. The lowest BCUT2D eigenvalue weighted by molar-refractivity contribution is -0.119. The zero-order valence-electron chi connectivity index (χ0n) is 16.5. The van der Waals surface area contributed by atoms with Crippen LogP contribution in [0.4, 0.5) is 10.1 Å². The molecule has 7 nitrogen and oxygen atoms in total. The summed E-state index contributed by atoms with van der Waals surface area (Å²) >= 11 is 0. The molecule has 2 aromatic carbocycles. The molecule has 1 amide bonds. The minimum atomic E-state index is -0.809. The van der Waals surface area contributed by atoms with Crippen molar-refractivity contribution < 1.29 is 32.9 Å². The van der Waals surface area contributed by atoms with Crippen LogP contribution < -0.4 is 19.5 Å². The molecule has 8 heteroatoms. The number of rotatable bonds is 5. The maximum Gasteiger partial charge on any atom is 0.338 e. The Hall–Kier alpha value is -3.29. The van der Waals surface area contributed by atoms with Crippen molar-refractivity contribution >= 4 is 17.6 Å². The van der Waals surface area contributed by atoms with Gasteiger partial charge < -0.3 is 24.3 Å². The third-order valence-corrected chi connectivity index (χ3v) is 5.16. The van der Waals surface area contributed by atoms with Crippen LogP contribution >= 0.6 is 0 Å². The molecule has 2 aliphatic rings. The minimum Gasteiger partial charge on any atom is -0.494 e. The van der Waals surface area contributed by atoms with Crippen molar-refractivity contribution in [2.24, 2.45) is 0 Å². The Balaban J connectivity index is 1.32. The zero-order chi connectivity index (χ0) is 21.1. The van der Waals surface area contributed by atoms with Crippen LogP contribution in [0, 0.1) is 5.82 Å². The van der Waals surface area contributed by atoms with Crippen LogP contribution in [-0.2, 0) is 9.53 Å². The van der Waals surface area contributed by atoms with E-state index in [4.69, 9.17) is 18.9 Å². The summed E-state index contributed by atoms with van der Waals surface area (Å²) in [7, 11) is 1.33. The number of halogens is 1. The molecule has 0 bridgehead atoms. The summed E-state index contributed by atoms with van der Waals surface area (Å²) in [6.07, 6.45) is 4.96. The van der Waals surface area contributed by atoms with Crippen LogP contribution in [0.1, 0.15) is 42.5 Å². The number of esters is 1. The standard InChI is InChI=1S/C22H22FNO6/c1-27-17-7-5-14(11-16(17)23)21(26)28-13-20(25)24-15-6-8-18-19(12-15)30-22(29-18)9-3-2-4-10-22/h5-8,11-12H,2-4,9-10,13H2,1H3,(H,24,25). The maximum absolute atomic E-state index is 13.7. The van der Waals surface area contributed by atoms with E-state index in [0.717, 1.165) is 31.7 Å². The number of carbonyl (C=O) groups excluding carboxylic acids is 2. The Labute approximate surface area is 173 Å². The maximum atomic E-state index is 13.7. The normalized spacial score (nSPS) is 16.2. The van der Waals surface area contributed by atoms with Crippen molar-refractivity contribution in [3.8, 4) is 17.2 Å². The fraction of sp³-hybridized carbons (Fsp3) is 0.364. The number of benzene rings is 2. The predicted octanol–water partition coefficient (Wildman–Crippen LogP) is 4.06. The van der Waals surface area contributed by atoms with E-state index in [0.29, 0.717) is 17.2 Å². The fourth-order valence-corrected chi connectivity index (χ4v) is 3.67. The average Bonchev–Trinajstić information content (AvgIpc) is 3.08. The van der Waals surface area contributed by atoms with Crippen molar-refractivity contribution in [2.75, 3.05) is 19.0 Å². The van der Waals surface area contributed by atoms with Gasteiger partial charge in [-0.2, -0.15) is 0 Å². The quantitative estimate of drug-likeness (QED) is 0.742. The van der Waals surface area contributed by atoms with Gasteiger partial charge in [-0.05, 0) is 43.2 Å². The van der Waals surface area contributed by atoms with Crippen LogP contribution in [0.5, 0.6) is 17.2 Å². The molecule has 0 aromatic heterocycles. The van der Waals surface area contributed by atoms with E-state index in [1.54, 1.807) is 18.2 Å². The van der Waals surface area contributed by atoms with Gasteiger partial charge in [0.15, 0.2) is 29.7 Å². The highest BCUT2D eigenvalue weighted by molar-refractivity contribution is 5.95. The Morgan fingerprint density at radius 2 is 1.83 bits per heavy atom. The molecule has 0 unspecified atom stereocenters. The zero-order valence-corrected chi connectivity index (χ0v) is 16.5. The van der Waals surface area contributed by atoms with E-state index in [1.165, 1.54) is 25.7 Å². The molecule has 4 rings (SSSR count). The molecule has 0 radical (unpaired) electrons. The Kier molecular flexibility index (Phi) is 5.48. The van der Waals surface area contributed by atoms with Crippen LogP contribution in [0.25, 0.3) is 0 Å². The first-order valence-corrected chi connectivity index (χ1v) is 9.81. The smallest absolute Gasteiger partial charge is 0.338 e. The van der Waals surface area contributed by atoms with E-state index in [9.17, 15) is 14.0 Å².